The van der Waals surface area contributed by atoms with E-state index >= 15 is 0 Å². The minimum atomic E-state index is -0.197. The maximum Gasteiger partial charge on any atom is 0.319 e. The molecule has 0 unspecified atom stereocenters. The number of urea groups is 1. The zero-order chi connectivity index (χ0) is 20.5. The second kappa shape index (κ2) is 7.71. The molecule has 1 atom stereocenters. The van der Waals surface area contributed by atoms with Gasteiger partial charge in [0.15, 0.2) is 0 Å². The van der Waals surface area contributed by atoms with Crippen molar-refractivity contribution in [1.29, 1.82) is 0 Å². The van der Waals surface area contributed by atoms with Crippen LogP contribution >= 0.6 is 0 Å². The first-order chi connectivity index (χ1) is 14.7. The molecular weight excluding hydrogens is 376 g/mol. The Morgan fingerprint density at radius 1 is 0.867 bits per heavy atom. The Morgan fingerprint density at radius 2 is 1.63 bits per heavy atom. The lowest BCUT2D eigenvalue weighted by Gasteiger charge is -2.37. The van der Waals surface area contributed by atoms with Crippen molar-refractivity contribution in [2.24, 2.45) is 0 Å². The Hall–Kier alpha value is -3.54. The highest BCUT2D eigenvalue weighted by atomic mass is 16.2. The maximum atomic E-state index is 13.4. The quantitative estimate of drug-likeness (QED) is 0.695. The molecule has 6 nitrogen and oxygen atoms in total. The Kier molecular flexibility index (Phi) is 4.75. The molecule has 1 saturated carbocycles. The first-order valence-corrected chi connectivity index (χ1v) is 10.4. The van der Waals surface area contributed by atoms with Crippen LogP contribution in [0.5, 0.6) is 0 Å². The van der Waals surface area contributed by atoms with E-state index in [1.807, 2.05) is 29.2 Å². The predicted molar refractivity (Wildman–Crippen MR) is 115 cm³/mol. The molecule has 3 amide bonds. The van der Waals surface area contributed by atoms with Crippen molar-refractivity contribution in [3.05, 3.63) is 89.7 Å². The van der Waals surface area contributed by atoms with Crippen molar-refractivity contribution >= 4 is 17.6 Å². The van der Waals surface area contributed by atoms with Gasteiger partial charge in [-0.2, -0.15) is 0 Å². The summed E-state index contributed by atoms with van der Waals surface area (Å²) < 4.78 is 2.22. The highest BCUT2D eigenvalue weighted by molar-refractivity contribution is 5.96. The van der Waals surface area contributed by atoms with Crippen LogP contribution in [0.1, 0.15) is 40.5 Å². The molecule has 30 heavy (non-hydrogen) atoms. The molecule has 0 radical (unpaired) electrons. The van der Waals surface area contributed by atoms with E-state index in [2.05, 4.69) is 39.6 Å². The van der Waals surface area contributed by atoms with Gasteiger partial charge in [-0.15, -0.1) is 0 Å². The lowest BCUT2D eigenvalue weighted by molar-refractivity contribution is 0.0664. The monoisotopic (exact) mass is 400 g/mol. The molecule has 152 valence electrons. The summed E-state index contributed by atoms with van der Waals surface area (Å²) in [5.74, 6) is -0.00900. The molecule has 0 bridgehead atoms. The van der Waals surface area contributed by atoms with Crippen LogP contribution in [0.15, 0.2) is 72.9 Å². The molecule has 5 rings (SSSR count). The number of carbonyl (C=O) groups is 2. The van der Waals surface area contributed by atoms with E-state index in [0.717, 1.165) is 30.6 Å². The minimum Gasteiger partial charge on any atom is -0.348 e. The number of nitrogens with zero attached hydrogens (tertiary/aromatic N) is 2. The van der Waals surface area contributed by atoms with Crippen LogP contribution in [0.4, 0.5) is 10.5 Å². The van der Waals surface area contributed by atoms with E-state index in [9.17, 15) is 9.59 Å². The Labute approximate surface area is 175 Å². The fourth-order valence-electron chi connectivity index (χ4n) is 4.03. The van der Waals surface area contributed by atoms with Crippen molar-refractivity contribution in [1.82, 2.24) is 14.8 Å². The number of carbonyl (C=O) groups excluding carboxylic acids is 2. The number of fused-ring (bicyclic) bond motifs is 1. The summed E-state index contributed by atoms with van der Waals surface area (Å²) in [6, 6.07) is 21.4. The van der Waals surface area contributed by atoms with Gasteiger partial charge < -0.3 is 20.1 Å². The standard InChI is InChI=1S/C24H24N4O2/c29-23(18-8-10-19(11-9-18)25-24(30)26-20-12-13-20)28-16-15-27-14-4-7-21(27)22(28)17-5-2-1-3-6-17/h1-11,14,20,22H,12-13,15-16H2,(H2,25,26,30)/t22-/m1/s1. The minimum absolute atomic E-state index is 0.00900. The highest BCUT2D eigenvalue weighted by Crippen LogP contribution is 2.33. The molecule has 1 aliphatic carbocycles. The second-order valence-corrected chi connectivity index (χ2v) is 7.89. The average molecular weight is 400 g/mol. The van der Waals surface area contributed by atoms with Crippen molar-refractivity contribution in [2.45, 2.75) is 31.5 Å². The van der Waals surface area contributed by atoms with Gasteiger partial charge in [0.05, 0.1) is 6.04 Å². The number of hydrogen-bond donors (Lipinski definition) is 2. The summed E-state index contributed by atoms with van der Waals surface area (Å²) in [5, 5.41) is 5.72. The van der Waals surface area contributed by atoms with E-state index in [0.29, 0.717) is 23.8 Å². The first-order valence-electron chi connectivity index (χ1n) is 10.4. The van der Waals surface area contributed by atoms with Crippen molar-refractivity contribution in [3.63, 3.8) is 0 Å². The van der Waals surface area contributed by atoms with Crippen LogP contribution in [0, 0.1) is 0 Å². The van der Waals surface area contributed by atoms with Crippen LogP contribution < -0.4 is 10.6 Å². The third-order valence-corrected chi connectivity index (χ3v) is 5.72. The molecule has 2 N–H and O–H groups in total. The molecule has 3 aromatic rings. The number of nitrogens with one attached hydrogen (secondary N) is 2. The maximum absolute atomic E-state index is 13.4. The van der Waals surface area contributed by atoms with E-state index < -0.39 is 0 Å². The SMILES string of the molecule is O=C(Nc1ccc(C(=O)N2CCn3cccc3[C@H]2c2ccccc2)cc1)NC1CC1. The van der Waals surface area contributed by atoms with Crippen LogP contribution in [-0.4, -0.2) is 34.0 Å². The predicted octanol–water partition coefficient (Wildman–Crippen LogP) is 4.02. The topological polar surface area (TPSA) is 66.4 Å². The van der Waals surface area contributed by atoms with Gasteiger partial charge in [-0.25, -0.2) is 4.79 Å². The van der Waals surface area contributed by atoms with E-state index in [1.165, 1.54) is 0 Å². The van der Waals surface area contributed by atoms with E-state index in [1.54, 1.807) is 24.3 Å². The van der Waals surface area contributed by atoms with Gasteiger partial charge in [-0.3, -0.25) is 4.79 Å². The van der Waals surface area contributed by atoms with Gasteiger partial charge in [0.25, 0.3) is 5.91 Å². The van der Waals surface area contributed by atoms with Crippen LogP contribution in [0.3, 0.4) is 0 Å². The van der Waals surface area contributed by atoms with Crippen molar-refractivity contribution in [2.75, 3.05) is 11.9 Å². The van der Waals surface area contributed by atoms with Gasteiger partial charge in [-0.1, -0.05) is 30.3 Å². The summed E-state index contributed by atoms with van der Waals surface area (Å²) >= 11 is 0. The summed E-state index contributed by atoms with van der Waals surface area (Å²) in [5.41, 5.74) is 3.51. The lowest BCUT2D eigenvalue weighted by Crippen LogP contribution is -2.42. The molecule has 2 aliphatic rings. The smallest absolute Gasteiger partial charge is 0.319 e. The Balaban J connectivity index is 1.37. The van der Waals surface area contributed by atoms with Crippen LogP contribution in [0.2, 0.25) is 0 Å². The third kappa shape index (κ3) is 3.68. The number of amides is 3. The average Bonchev–Trinajstić information content (AvgIpc) is 3.45. The number of rotatable bonds is 4. The molecule has 1 fully saturated rings. The van der Waals surface area contributed by atoms with Gasteiger partial charge in [0.1, 0.15) is 0 Å². The van der Waals surface area contributed by atoms with Gasteiger partial charge >= 0.3 is 6.03 Å². The molecular formula is C24H24N4O2. The van der Waals surface area contributed by atoms with Crippen molar-refractivity contribution in [3.8, 4) is 0 Å². The molecule has 2 heterocycles. The molecule has 0 spiro atoms. The normalized spacial score (nSPS) is 17.9. The number of benzene rings is 2. The van der Waals surface area contributed by atoms with E-state index in [4.69, 9.17) is 0 Å². The summed E-state index contributed by atoms with van der Waals surface area (Å²) in [6.07, 6.45) is 4.16. The highest BCUT2D eigenvalue weighted by Gasteiger charge is 2.32. The largest absolute Gasteiger partial charge is 0.348 e. The second-order valence-electron chi connectivity index (χ2n) is 7.89. The summed E-state index contributed by atoms with van der Waals surface area (Å²) in [4.78, 5) is 27.3. The molecule has 0 saturated heterocycles. The first kappa shape index (κ1) is 18.5. The molecule has 6 heteroatoms. The molecule has 1 aliphatic heterocycles. The Morgan fingerprint density at radius 3 is 2.37 bits per heavy atom. The van der Waals surface area contributed by atoms with Gasteiger partial charge in [-0.05, 0) is 54.8 Å². The zero-order valence-electron chi connectivity index (χ0n) is 16.6. The molecule has 1 aromatic heterocycles. The fraction of sp³-hybridized carbons (Fsp3) is 0.250. The third-order valence-electron chi connectivity index (χ3n) is 5.72. The number of aromatic nitrogens is 1. The number of anilines is 1. The van der Waals surface area contributed by atoms with Gasteiger partial charge in [0.2, 0.25) is 0 Å². The van der Waals surface area contributed by atoms with Crippen LogP contribution in [0.25, 0.3) is 0 Å². The molecule has 2 aromatic carbocycles. The summed E-state index contributed by atoms with van der Waals surface area (Å²) in [6.45, 7) is 1.42. The number of hydrogen-bond acceptors (Lipinski definition) is 2. The van der Waals surface area contributed by atoms with E-state index in [-0.39, 0.29) is 18.0 Å². The summed E-state index contributed by atoms with van der Waals surface area (Å²) in [7, 11) is 0. The van der Waals surface area contributed by atoms with Crippen LogP contribution in [-0.2, 0) is 6.54 Å². The fourth-order valence-corrected chi connectivity index (χ4v) is 4.03. The zero-order valence-corrected chi connectivity index (χ0v) is 16.6. The van der Waals surface area contributed by atoms with Crippen molar-refractivity contribution < 1.29 is 9.59 Å². The lowest BCUT2D eigenvalue weighted by atomic mass is 9.99. The Bertz CT molecular complexity index is 1050. The van der Waals surface area contributed by atoms with Gasteiger partial charge in [0, 0.05) is 42.3 Å².